The van der Waals surface area contributed by atoms with Gasteiger partial charge in [-0.15, -0.1) is 0 Å². The highest BCUT2D eigenvalue weighted by Gasteiger charge is 2.16. The quantitative estimate of drug-likeness (QED) is 0.771. The third-order valence-electron chi connectivity index (χ3n) is 2.48. The predicted octanol–water partition coefficient (Wildman–Crippen LogP) is 0.865. The third kappa shape index (κ3) is 2.15. The number of benzene rings is 1. The lowest BCUT2D eigenvalue weighted by Gasteiger charge is -2.11. The van der Waals surface area contributed by atoms with Crippen molar-refractivity contribution in [1.82, 2.24) is 20.7 Å². The number of rotatable bonds is 5. The molecular weight excluding hydrogens is 239 g/mol. The van der Waals surface area contributed by atoms with E-state index in [9.17, 15) is 9.18 Å². The number of amides is 1. The Bertz CT molecular complexity index is 542. The van der Waals surface area contributed by atoms with E-state index < -0.39 is 5.82 Å². The Morgan fingerprint density at radius 3 is 3.00 bits per heavy atom. The maximum absolute atomic E-state index is 14.1. The molecule has 0 spiro atoms. The summed E-state index contributed by atoms with van der Waals surface area (Å²) in [5, 5.41) is 12.4. The van der Waals surface area contributed by atoms with Crippen LogP contribution in [0.4, 0.5) is 4.39 Å². The summed E-state index contributed by atoms with van der Waals surface area (Å²) < 4.78 is 19.0. The Morgan fingerprint density at radius 2 is 2.39 bits per heavy atom. The van der Waals surface area contributed by atoms with Crippen LogP contribution in [0.15, 0.2) is 18.3 Å². The minimum absolute atomic E-state index is 0.0503. The second-order valence-electron chi connectivity index (χ2n) is 3.46. The van der Waals surface area contributed by atoms with Gasteiger partial charge in [0, 0.05) is 17.7 Å². The minimum atomic E-state index is -0.521. The Labute approximate surface area is 102 Å². The maximum Gasteiger partial charge on any atom is 0.207 e. The predicted molar refractivity (Wildman–Crippen MR) is 61.2 cm³/mol. The van der Waals surface area contributed by atoms with Gasteiger partial charge in [-0.2, -0.15) is 15.4 Å². The van der Waals surface area contributed by atoms with Crippen LogP contribution < -0.4 is 10.1 Å². The molecule has 0 saturated carbocycles. The second-order valence-corrected chi connectivity index (χ2v) is 3.46. The van der Waals surface area contributed by atoms with Gasteiger partial charge >= 0.3 is 0 Å². The standard InChI is InChI=1S/C11H11FN4O2/c1-18-10-3-2-7(9-5-14-16-15-9)8(11(10)12)4-13-6-17/h2-3,5-6H,4H2,1H3,(H,13,17)(H,14,15,16). The van der Waals surface area contributed by atoms with Crippen molar-refractivity contribution in [3.63, 3.8) is 0 Å². The minimum Gasteiger partial charge on any atom is -0.494 e. The fraction of sp³-hybridized carbons (Fsp3) is 0.182. The Morgan fingerprint density at radius 1 is 1.56 bits per heavy atom. The van der Waals surface area contributed by atoms with Crippen LogP contribution in [0, 0.1) is 5.82 Å². The number of hydrogen-bond acceptors (Lipinski definition) is 4. The van der Waals surface area contributed by atoms with Gasteiger partial charge in [-0.1, -0.05) is 0 Å². The molecule has 0 aliphatic carbocycles. The summed E-state index contributed by atoms with van der Waals surface area (Å²) in [6.07, 6.45) is 1.98. The molecule has 7 heteroatoms. The van der Waals surface area contributed by atoms with Gasteiger partial charge in [-0.25, -0.2) is 4.39 Å². The van der Waals surface area contributed by atoms with E-state index in [1.165, 1.54) is 19.4 Å². The summed E-state index contributed by atoms with van der Waals surface area (Å²) in [7, 11) is 1.38. The van der Waals surface area contributed by atoms with E-state index in [0.717, 1.165) is 0 Å². The number of nitrogens with zero attached hydrogens (tertiary/aromatic N) is 2. The zero-order valence-electron chi connectivity index (χ0n) is 9.61. The van der Waals surface area contributed by atoms with Crippen LogP contribution >= 0.6 is 0 Å². The third-order valence-corrected chi connectivity index (χ3v) is 2.48. The Hall–Kier alpha value is -2.44. The molecule has 0 aliphatic rings. The number of carbonyl (C=O) groups excluding carboxylic acids is 1. The molecule has 0 radical (unpaired) electrons. The van der Waals surface area contributed by atoms with E-state index in [1.54, 1.807) is 6.07 Å². The number of halogens is 1. The molecule has 0 atom stereocenters. The van der Waals surface area contributed by atoms with Crippen LogP contribution in [-0.2, 0) is 11.3 Å². The van der Waals surface area contributed by atoms with Crippen LogP contribution in [0.5, 0.6) is 5.75 Å². The molecule has 1 aromatic carbocycles. The van der Waals surface area contributed by atoms with Crippen molar-refractivity contribution in [1.29, 1.82) is 0 Å². The van der Waals surface area contributed by atoms with Crippen LogP contribution in [0.3, 0.4) is 0 Å². The van der Waals surface area contributed by atoms with E-state index in [0.29, 0.717) is 23.2 Å². The molecule has 0 aliphatic heterocycles. The average molecular weight is 250 g/mol. The van der Waals surface area contributed by atoms with E-state index >= 15 is 0 Å². The van der Waals surface area contributed by atoms with Crippen LogP contribution in [0.1, 0.15) is 5.56 Å². The second kappa shape index (κ2) is 5.26. The largest absolute Gasteiger partial charge is 0.494 e. The monoisotopic (exact) mass is 250 g/mol. The first-order valence-electron chi connectivity index (χ1n) is 5.16. The van der Waals surface area contributed by atoms with Crippen LogP contribution in [0.2, 0.25) is 0 Å². The van der Waals surface area contributed by atoms with Gasteiger partial charge in [0.05, 0.1) is 13.3 Å². The molecular formula is C11H11FN4O2. The first kappa shape index (κ1) is 12.0. The molecule has 2 N–H and O–H groups in total. The summed E-state index contributed by atoms with van der Waals surface area (Å²) in [4.78, 5) is 10.3. The van der Waals surface area contributed by atoms with Gasteiger partial charge in [-0.05, 0) is 12.1 Å². The molecule has 2 rings (SSSR count). The number of ether oxygens (including phenoxy) is 1. The van der Waals surface area contributed by atoms with Crippen molar-refractivity contribution in [2.75, 3.05) is 7.11 Å². The number of methoxy groups -OCH3 is 1. The highest BCUT2D eigenvalue weighted by molar-refractivity contribution is 5.65. The van der Waals surface area contributed by atoms with Gasteiger partial charge in [0.2, 0.25) is 6.41 Å². The molecule has 6 nitrogen and oxygen atoms in total. The van der Waals surface area contributed by atoms with Gasteiger partial charge in [0.15, 0.2) is 11.6 Å². The Balaban J connectivity index is 2.51. The van der Waals surface area contributed by atoms with Crippen molar-refractivity contribution < 1.29 is 13.9 Å². The van der Waals surface area contributed by atoms with Crippen molar-refractivity contribution >= 4 is 6.41 Å². The van der Waals surface area contributed by atoms with Crippen LogP contribution in [0.25, 0.3) is 11.3 Å². The molecule has 0 unspecified atom stereocenters. The molecule has 1 heterocycles. The summed E-state index contributed by atoms with van der Waals surface area (Å²) in [6.45, 7) is 0.0503. The highest BCUT2D eigenvalue weighted by Crippen LogP contribution is 2.29. The number of carbonyl (C=O) groups is 1. The molecule has 1 amide bonds. The zero-order chi connectivity index (χ0) is 13.0. The van der Waals surface area contributed by atoms with E-state index in [4.69, 9.17) is 4.74 Å². The molecule has 18 heavy (non-hydrogen) atoms. The molecule has 2 aromatic rings. The molecule has 0 saturated heterocycles. The van der Waals surface area contributed by atoms with E-state index in [2.05, 4.69) is 20.7 Å². The molecule has 0 fully saturated rings. The smallest absolute Gasteiger partial charge is 0.207 e. The fourth-order valence-corrected chi connectivity index (χ4v) is 1.65. The lowest BCUT2D eigenvalue weighted by atomic mass is 10.0. The molecule has 0 bridgehead atoms. The summed E-state index contributed by atoms with van der Waals surface area (Å²) >= 11 is 0. The van der Waals surface area contributed by atoms with Crippen molar-refractivity contribution in [3.8, 4) is 17.0 Å². The highest BCUT2D eigenvalue weighted by atomic mass is 19.1. The van der Waals surface area contributed by atoms with Crippen LogP contribution in [-0.4, -0.2) is 28.9 Å². The van der Waals surface area contributed by atoms with Gasteiger partial charge in [0.1, 0.15) is 5.69 Å². The number of aromatic nitrogens is 3. The Kier molecular flexibility index (Phi) is 3.52. The lowest BCUT2D eigenvalue weighted by molar-refractivity contribution is -0.109. The van der Waals surface area contributed by atoms with Crippen molar-refractivity contribution in [2.24, 2.45) is 0 Å². The number of hydrogen-bond donors (Lipinski definition) is 2. The summed E-state index contributed by atoms with van der Waals surface area (Å²) in [5.41, 5.74) is 1.35. The normalized spacial score (nSPS) is 10.1. The number of nitrogens with one attached hydrogen (secondary N) is 2. The first-order chi connectivity index (χ1) is 8.77. The van der Waals surface area contributed by atoms with Gasteiger partial charge in [0.25, 0.3) is 0 Å². The van der Waals surface area contributed by atoms with E-state index in [1.807, 2.05) is 0 Å². The first-order valence-corrected chi connectivity index (χ1v) is 5.16. The number of aromatic amines is 1. The summed E-state index contributed by atoms with van der Waals surface area (Å²) in [5.74, 6) is -0.405. The van der Waals surface area contributed by atoms with Gasteiger partial charge < -0.3 is 10.1 Å². The molecule has 1 aromatic heterocycles. The SMILES string of the molecule is COc1ccc(-c2cn[nH]n2)c(CNC=O)c1F. The van der Waals surface area contributed by atoms with Crippen molar-refractivity contribution in [3.05, 3.63) is 29.7 Å². The zero-order valence-corrected chi connectivity index (χ0v) is 9.61. The fourth-order valence-electron chi connectivity index (χ4n) is 1.65. The molecule has 94 valence electrons. The van der Waals surface area contributed by atoms with Gasteiger partial charge in [-0.3, -0.25) is 4.79 Å². The van der Waals surface area contributed by atoms with Crippen molar-refractivity contribution in [2.45, 2.75) is 6.54 Å². The lowest BCUT2D eigenvalue weighted by Crippen LogP contribution is -2.13. The average Bonchev–Trinajstić information content (AvgIpc) is 2.90. The summed E-state index contributed by atoms with van der Waals surface area (Å²) in [6, 6.07) is 3.17. The number of H-pyrrole nitrogens is 1. The maximum atomic E-state index is 14.1. The van der Waals surface area contributed by atoms with E-state index in [-0.39, 0.29) is 12.3 Å². The topological polar surface area (TPSA) is 79.9 Å².